The van der Waals surface area contributed by atoms with Crippen molar-refractivity contribution < 1.29 is 27.8 Å². The maximum absolute atomic E-state index is 13.5. The SMILES string of the molecule is Cc1[nH]c2c(-c3cc(C(F)(F)F)ccc3OCC3CC3)ncnc2c1C(=O)N[C@@H]1CCC[C@H](O)C1. The number of aromatic nitrogens is 3. The third-order valence-corrected chi connectivity index (χ3v) is 6.71. The second kappa shape index (κ2) is 9.14. The number of rotatable bonds is 6. The molecule has 5 rings (SSSR count). The van der Waals surface area contributed by atoms with Gasteiger partial charge in [0, 0.05) is 17.3 Å². The van der Waals surface area contributed by atoms with Gasteiger partial charge in [0.2, 0.25) is 0 Å². The van der Waals surface area contributed by atoms with Crippen LogP contribution in [0.1, 0.15) is 60.1 Å². The number of aliphatic hydroxyl groups is 1. The average Bonchev–Trinajstić information content (AvgIpc) is 3.56. The van der Waals surface area contributed by atoms with Crippen LogP contribution in [0, 0.1) is 12.8 Å². The van der Waals surface area contributed by atoms with Gasteiger partial charge < -0.3 is 20.1 Å². The fraction of sp³-hybridized carbons (Fsp3) is 0.480. The summed E-state index contributed by atoms with van der Waals surface area (Å²) in [6, 6.07) is 3.21. The zero-order valence-electron chi connectivity index (χ0n) is 19.3. The second-order valence-electron chi connectivity index (χ2n) is 9.52. The van der Waals surface area contributed by atoms with Gasteiger partial charge in [0.25, 0.3) is 5.91 Å². The van der Waals surface area contributed by atoms with E-state index in [-0.39, 0.29) is 23.2 Å². The lowest BCUT2D eigenvalue weighted by molar-refractivity contribution is -0.137. The first-order valence-corrected chi connectivity index (χ1v) is 11.9. The number of ether oxygens (including phenoxy) is 1. The number of nitrogens with zero attached hydrogens (tertiary/aromatic N) is 2. The molecule has 2 fully saturated rings. The van der Waals surface area contributed by atoms with Crippen LogP contribution in [0.2, 0.25) is 0 Å². The van der Waals surface area contributed by atoms with E-state index in [1.807, 2.05) is 0 Å². The van der Waals surface area contributed by atoms with Gasteiger partial charge in [0.05, 0.1) is 29.4 Å². The fourth-order valence-electron chi connectivity index (χ4n) is 4.67. The number of carbonyl (C=O) groups excluding carboxylic acids is 1. The molecule has 186 valence electrons. The zero-order chi connectivity index (χ0) is 24.7. The van der Waals surface area contributed by atoms with Crippen molar-refractivity contribution in [2.45, 2.75) is 63.8 Å². The number of hydrogen-bond acceptors (Lipinski definition) is 5. The number of aliphatic hydroxyl groups excluding tert-OH is 1. The molecule has 0 unspecified atom stereocenters. The van der Waals surface area contributed by atoms with Crippen LogP contribution in [0.3, 0.4) is 0 Å². The molecule has 0 spiro atoms. The molecule has 2 aliphatic carbocycles. The number of alkyl halides is 3. The monoisotopic (exact) mass is 488 g/mol. The normalized spacial score (nSPS) is 20.7. The van der Waals surface area contributed by atoms with Crippen LogP contribution in [0.15, 0.2) is 24.5 Å². The van der Waals surface area contributed by atoms with E-state index < -0.39 is 17.8 Å². The smallest absolute Gasteiger partial charge is 0.416 e. The molecule has 7 nitrogen and oxygen atoms in total. The van der Waals surface area contributed by atoms with Crippen LogP contribution in [0.25, 0.3) is 22.3 Å². The largest absolute Gasteiger partial charge is 0.493 e. The molecule has 35 heavy (non-hydrogen) atoms. The lowest BCUT2D eigenvalue weighted by Crippen LogP contribution is -2.39. The van der Waals surface area contributed by atoms with Gasteiger partial charge >= 0.3 is 6.18 Å². The first-order valence-electron chi connectivity index (χ1n) is 11.9. The van der Waals surface area contributed by atoms with Gasteiger partial charge in [-0.25, -0.2) is 9.97 Å². The minimum Gasteiger partial charge on any atom is -0.493 e. The van der Waals surface area contributed by atoms with Crippen molar-refractivity contribution >= 4 is 16.9 Å². The van der Waals surface area contributed by atoms with E-state index in [4.69, 9.17) is 4.74 Å². The molecule has 0 saturated heterocycles. The van der Waals surface area contributed by atoms with Crippen LogP contribution in [-0.4, -0.2) is 44.7 Å². The molecule has 2 atom stereocenters. The lowest BCUT2D eigenvalue weighted by atomic mass is 9.93. The third kappa shape index (κ3) is 4.98. The number of nitrogens with one attached hydrogen (secondary N) is 2. The summed E-state index contributed by atoms with van der Waals surface area (Å²) in [5.74, 6) is 0.378. The molecule has 2 heterocycles. The molecule has 0 aliphatic heterocycles. The Kier molecular flexibility index (Phi) is 6.16. The Hall–Kier alpha value is -3.14. The number of hydrogen-bond donors (Lipinski definition) is 3. The summed E-state index contributed by atoms with van der Waals surface area (Å²) < 4.78 is 46.5. The molecule has 3 aromatic rings. The van der Waals surface area contributed by atoms with Gasteiger partial charge in [0.1, 0.15) is 23.3 Å². The molecular weight excluding hydrogens is 461 g/mol. The minimum absolute atomic E-state index is 0.150. The van der Waals surface area contributed by atoms with Crippen molar-refractivity contribution in [3.63, 3.8) is 0 Å². The van der Waals surface area contributed by atoms with Gasteiger partial charge in [0.15, 0.2) is 0 Å². The van der Waals surface area contributed by atoms with E-state index in [0.717, 1.165) is 44.2 Å². The summed E-state index contributed by atoms with van der Waals surface area (Å²) >= 11 is 0. The molecular formula is C25H27F3N4O3. The molecule has 2 saturated carbocycles. The fourth-order valence-corrected chi connectivity index (χ4v) is 4.67. The van der Waals surface area contributed by atoms with E-state index in [0.29, 0.717) is 47.0 Å². The van der Waals surface area contributed by atoms with Crippen LogP contribution < -0.4 is 10.1 Å². The maximum Gasteiger partial charge on any atom is 0.416 e. The Labute approximate surface area is 200 Å². The number of halogens is 3. The Morgan fingerprint density at radius 1 is 1.23 bits per heavy atom. The number of aromatic amines is 1. The van der Waals surface area contributed by atoms with Crippen LogP contribution >= 0.6 is 0 Å². The highest BCUT2D eigenvalue weighted by atomic mass is 19.4. The molecule has 1 aromatic carbocycles. The van der Waals surface area contributed by atoms with Crippen molar-refractivity contribution in [3.8, 4) is 17.0 Å². The molecule has 1 amide bonds. The van der Waals surface area contributed by atoms with Crippen molar-refractivity contribution in [3.05, 3.63) is 41.3 Å². The molecule has 2 aromatic heterocycles. The number of aryl methyl sites for hydroxylation is 1. The number of amides is 1. The van der Waals surface area contributed by atoms with Gasteiger partial charge in [-0.2, -0.15) is 13.2 Å². The Morgan fingerprint density at radius 2 is 2.03 bits per heavy atom. The Balaban J connectivity index is 1.54. The van der Waals surface area contributed by atoms with E-state index in [2.05, 4.69) is 20.3 Å². The number of H-pyrrole nitrogens is 1. The topological polar surface area (TPSA) is 100 Å². The lowest BCUT2D eigenvalue weighted by Gasteiger charge is -2.26. The molecule has 2 aliphatic rings. The highest BCUT2D eigenvalue weighted by Crippen LogP contribution is 2.40. The summed E-state index contributed by atoms with van der Waals surface area (Å²) in [4.78, 5) is 24.8. The minimum atomic E-state index is -4.53. The zero-order valence-corrected chi connectivity index (χ0v) is 19.3. The highest BCUT2D eigenvalue weighted by molar-refractivity contribution is 6.09. The first-order chi connectivity index (χ1) is 16.7. The summed E-state index contributed by atoms with van der Waals surface area (Å²) in [5, 5.41) is 12.9. The van der Waals surface area contributed by atoms with E-state index in [1.165, 1.54) is 12.4 Å². The van der Waals surface area contributed by atoms with Crippen molar-refractivity contribution in [2.75, 3.05) is 6.61 Å². The van der Waals surface area contributed by atoms with Gasteiger partial charge in [-0.3, -0.25) is 4.79 Å². The van der Waals surface area contributed by atoms with E-state index >= 15 is 0 Å². The number of benzene rings is 1. The predicted molar refractivity (Wildman–Crippen MR) is 123 cm³/mol. The van der Waals surface area contributed by atoms with Gasteiger partial charge in [-0.15, -0.1) is 0 Å². The van der Waals surface area contributed by atoms with Crippen LogP contribution in [0.4, 0.5) is 13.2 Å². The maximum atomic E-state index is 13.5. The highest BCUT2D eigenvalue weighted by Gasteiger charge is 2.33. The predicted octanol–water partition coefficient (Wildman–Crippen LogP) is 4.77. The van der Waals surface area contributed by atoms with Crippen LogP contribution in [-0.2, 0) is 6.18 Å². The van der Waals surface area contributed by atoms with E-state index in [9.17, 15) is 23.1 Å². The van der Waals surface area contributed by atoms with Crippen LogP contribution in [0.5, 0.6) is 5.75 Å². The Bertz CT molecular complexity index is 1250. The summed E-state index contributed by atoms with van der Waals surface area (Å²) in [6.07, 6.45) is 1.16. The first kappa shape index (κ1) is 23.6. The van der Waals surface area contributed by atoms with Gasteiger partial charge in [-0.1, -0.05) is 0 Å². The quantitative estimate of drug-likeness (QED) is 0.464. The molecule has 0 bridgehead atoms. The Morgan fingerprint density at radius 3 is 2.74 bits per heavy atom. The van der Waals surface area contributed by atoms with Gasteiger partial charge in [-0.05, 0) is 69.6 Å². The number of fused-ring (bicyclic) bond motifs is 1. The van der Waals surface area contributed by atoms with Crippen molar-refractivity contribution in [1.82, 2.24) is 20.3 Å². The molecule has 0 radical (unpaired) electrons. The summed E-state index contributed by atoms with van der Waals surface area (Å²) in [6.45, 7) is 2.14. The standard InChI is InChI=1S/C25H27F3N4O3/c1-13-20(24(34)32-16-3-2-4-17(33)10-16)22-23(31-13)21(29-12-30-22)18-9-15(25(26,27)28)7-8-19(18)35-11-14-5-6-14/h7-9,12,14,16-17,31,33H,2-6,10-11H2,1H3,(H,32,34)/t16-,17+/m1/s1. The number of carbonyl (C=O) groups is 1. The summed E-state index contributed by atoms with van der Waals surface area (Å²) in [5.41, 5.74) is 1.16. The average molecular weight is 489 g/mol. The van der Waals surface area contributed by atoms with Crippen molar-refractivity contribution in [2.24, 2.45) is 5.92 Å². The molecule has 3 N–H and O–H groups in total. The second-order valence-corrected chi connectivity index (χ2v) is 9.52. The third-order valence-electron chi connectivity index (χ3n) is 6.71. The van der Waals surface area contributed by atoms with E-state index in [1.54, 1.807) is 6.92 Å². The molecule has 10 heteroatoms. The van der Waals surface area contributed by atoms with Crippen molar-refractivity contribution in [1.29, 1.82) is 0 Å². The summed E-state index contributed by atoms with van der Waals surface area (Å²) in [7, 11) is 0.